The van der Waals surface area contributed by atoms with Gasteiger partial charge in [-0.25, -0.2) is 0 Å². The number of aromatic nitrogens is 4. The Morgan fingerprint density at radius 2 is 1.13 bits per heavy atom. The van der Waals surface area contributed by atoms with Gasteiger partial charge in [-0.15, -0.1) is 18.9 Å². The van der Waals surface area contributed by atoms with Crippen LogP contribution in [0.2, 0.25) is 0 Å². The minimum absolute atomic E-state index is 0.00117. The number of hydrogen-bond donors (Lipinski definition) is 9. The van der Waals surface area contributed by atoms with Crippen molar-refractivity contribution in [2.45, 2.75) is 45.6 Å². The van der Waals surface area contributed by atoms with Crippen molar-refractivity contribution < 1.29 is 59.1 Å². The lowest BCUT2D eigenvalue weighted by atomic mass is 10.1. The Hall–Kier alpha value is -8.04. The van der Waals surface area contributed by atoms with Crippen molar-refractivity contribution in [3.63, 3.8) is 0 Å². The molecule has 9 N–H and O–H groups in total. The largest absolute Gasteiger partial charge is 0.425 e. The third-order valence-electron chi connectivity index (χ3n) is 10.6. The Morgan fingerprint density at radius 1 is 0.620 bits per heavy atom. The van der Waals surface area contributed by atoms with Crippen LogP contribution in [0.15, 0.2) is 79.8 Å². The Balaban J connectivity index is 1.60. The van der Waals surface area contributed by atoms with Gasteiger partial charge in [-0.1, -0.05) is 38.6 Å². The molecule has 4 aromatic rings. The zero-order valence-electron chi connectivity index (χ0n) is 38.5. The number of amides is 5. The molecule has 0 saturated carbocycles. The second-order valence-electron chi connectivity index (χ2n) is 15.8. The molecular formula is C44H54N10O16S. The fourth-order valence-electron chi connectivity index (χ4n) is 6.92. The number of thiol groups is 1. The first-order valence-corrected chi connectivity index (χ1v) is 22.4. The predicted octanol–water partition coefficient (Wildman–Crippen LogP) is -1.34. The number of nitrogens with zero attached hydrogens (tertiary/aromatic N) is 6. The zero-order chi connectivity index (χ0) is 52.5. The van der Waals surface area contributed by atoms with Crippen molar-refractivity contribution >= 4 is 53.1 Å². The number of ketones is 1. The number of pyridine rings is 4. The number of nitrogens with one attached hydrogen (secondary N) is 3. The van der Waals surface area contributed by atoms with Gasteiger partial charge in [0.25, 0.3) is 45.9 Å². The molecule has 382 valence electrons. The summed E-state index contributed by atoms with van der Waals surface area (Å²) in [7, 11) is 0. The summed E-state index contributed by atoms with van der Waals surface area (Å²) < 4.78 is 5.59. The Morgan fingerprint density at radius 3 is 1.66 bits per heavy atom. The van der Waals surface area contributed by atoms with E-state index in [0.717, 1.165) is 47.4 Å². The van der Waals surface area contributed by atoms with E-state index in [1.165, 1.54) is 23.1 Å². The summed E-state index contributed by atoms with van der Waals surface area (Å²) in [5, 5.41) is 48.1. The molecule has 0 aliphatic carbocycles. The summed E-state index contributed by atoms with van der Waals surface area (Å²) in [6.45, 7) is 2.19. The van der Waals surface area contributed by atoms with Crippen LogP contribution in [0.3, 0.4) is 0 Å². The molecule has 0 aromatic carbocycles. The lowest BCUT2D eigenvalue weighted by Crippen LogP contribution is -2.52. The van der Waals surface area contributed by atoms with Crippen molar-refractivity contribution in [3.8, 4) is 0 Å². The standard InChI is InChI=1S/C44H54N10O16S/c1-26(2)36(57)29-15-13-27(40(61)53(29)68)37(58)46-18-6-22-49(42(63)31-8-3-11-34(55)51(31)66)21-5-10-30(39(60)48-20-25-70-24-17-45)50(43(64)32-9-4-12-35(56)52(32)67)23-7-19-47-38(59)28-14-16-33(44(65)71)54(69)41(28)62/h3-4,8-9,11-16,26,30,66-69H,5-7,10,17-25,45H2,1-2H3,(H,46,58)(H,47,59)(H,48,60)(H,65,71). The minimum atomic E-state index is -1.45. The van der Waals surface area contributed by atoms with Gasteiger partial charge in [-0.05, 0) is 62.1 Å². The zero-order valence-corrected chi connectivity index (χ0v) is 39.4. The van der Waals surface area contributed by atoms with Crippen LogP contribution in [0.4, 0.5) is 0 Å². The molecule has 0 spiro atoms. The van der Waals surface area contributed by atoms with Gasteiger partial charge in [0.05, 0.1) is 13.2 Å². The maximum atomic E-state index is 14.3. The van der Waals surface area contributed by atoms with Crippen LogP contribution >= 0.6 is 12.6 Å². The summed E-state index contributed by atoms with van der Waals surface area (Å²) in [6.07, 6.45) is -0.480. The SMILES string of the molecule is CC(C)C(=O)c1ccc(C(=O)NCCCN(CCCC(C(=O)NCCOCCN)N(CCCNC(=O)c2ccc(C(=O)S)n(O)c2=O)C(=O)c2cccc(=O)n2O)C(=O)c2cccc(=O)n2O)c(=O)n1O. The summed E-state index contributed by atoms with van der Waals surface area (Å²) in [5.41, 5.74) is -1.72. The lowest BCUT2D eigenvalue weighted by Gasteiger charge is -2.32. The molecule has 0 saturated heterocycles. The van der Waals surface area contributed by atoms with Crippen LogP contribution in [-0.4, -0.2) is 155 Å². The normalized spacial score (nSPS) is 11.4. The number of rotatable bonds is 26. The van der Waals surface area contributed by atoms with Crippen molar-refractivity contribution in [1.82, 2.24) is 44.7 Å². The van der Waals surface area contributed by atoms with Gasteiger partial charge in [0.1, 0.15) is 39.9 Å². The highest BCUT2D eigenvalue weighted by Crippen LogP contribution is 2.16. The second kappa shape index (κ2) is 26.1. The van der Waals surface area contributed by atoms with E-state index in [-0.39, 0.29) is 109 Å². The molecule has 1 atom stereocenters. The van der Waals surface area contributed by atoms with Crippen molar-refractivity contribution in [1.29, 1.82) is 0 Å². The quantitative estimate of drug-likeness (QED) is 0.0152. The van der Waals surface area contributed by atoms with Crippen LogP contribution in [0.5, 0.6) is 0 Å². The molecule has 4 heterocycles. The van der Waals surface area contributed by atoms with E-state index < -0.39 is 103 Å². The second-order valence-corrected chi connectivity index (χ2v) is 16.2. The maximum absolute atomic E-state index is 14.3. The molecule has 0 bridgehead atoms. The van der Waals surface area contributed by atoms with Gasteiger partial charge in [-0.2, -0.15) is 0 Å². The molecule has 1 unspecified atom stereocenters. The van der Waals surface area contributed by atoms with E-state index in [0.29, 0.717) is 0 Å². The highest BCUT2D eigenvalue weighted by atomic mass is 32.1. The van der Waals surface area contributed by atoms with Gasteiger partial charge >= 0.3 is 0 Å². The highest BCUT2D eigenvalue weighted by molar-refractivity contribution is 7.97. The average Bonchev–Trinajstić information content (AvgIpc) is 3.33. The van der Waals surface area contributed by atoms with E-state index in [2.05, 4.69) is 28.6 Å². The third-order valence-corrected chi connectivity index (χ3v) is 10.8. The molecule has 0 aliphatic heterocycles. The van der Waals surface area contributed by atoms with Gasteiger partial charge in [0.2, 0.25) is 11.0 Å². The van der Waals surface area contributed by atoms with E-state index in [1.807, 2.05) is 0 Å². The predicted molar refractivity (Wildman–Crippen MR) is 251 cm³/mol. The molecule has 4 rings (SSSR count). The lowest BCUT2D eigenvalue weighted by molar-refractivity contribution is -0.126. The summed E-state index contributed by atoms with van der Waals surface area (Å²) in [5.74, 6) is -5.67. The first-order valence-electron chi connectivity index (χ1n) is 22.0. The number of nitrogens with two attached hydrogens (primary N) is 1. The maximum Gasteiger partial charge on any atom is 0.296 e. The van der Waals surface area contributed by atoms with Gasteiger partial charge in [0.15, 0.2) is 5.78 Å². The van der Waals surface area contributed by atoms with Crippen LogP contribution < -0.4 is 43.9 Å². The van der Waals surface area contributed by atoms with Crippen molar-refractivity contribution in [2.24, 2.45) is 11.7 Å². The van der Waals surface area contributed by atoms with E-state index >= 15 is 0 Å². The van der Waals surface area contributed by atoms with Crippen molar-refractivity contribution in [2.75, 3.05) is 59.0 Å². The first-order chi connectivity index (χ1) is 33.7. The van der Waals surface area contributed by atoms with Gasteiger partial charge in [-0.3, -0.25) is 52.7 Å². The number of carbonyl (C=O) groups is 7. The molecule has 0 fully saturated rings. The highest BCUT2D eigenvalue weighted by Gasteiger charge is 2.33. The number of ether oxygens (including phenoxy) is 1. The molecule has 5 amide bonds. The Labute approximate surface area is 408 Å². The first kappa shape index (κ1) is 55.6. The number of Topliss-reactive ketones (excluding diaryl/α,β-unsaturated/α-hetero) is 1. The monoisotopic (exact) mass is 1010 g/mol. The summed E-state index contributed by atoms with van der Waals surface area (Å²) in [4.78, 5) is 145. The fraction of sp³-hybridized carbons (Fsp3) is 0.386. The summed E-state index contributed by atoms with van der Waals surface area (Å²) in [6, 6.07) is 9.41. The molecule has 4 aromatic heterocycles. The number of carbonyl (C=O) groups excluding carboxylic acids is 7. The van der Waals surface area contributed by atoms with Crippen LogP contribution in [0, 0.1) is 5.92 Å². The van der Waals surface area contributed by atoms with E-state index in [1.54, 1.807) is 13.8 Å². The Kier molecular flexibility index (Phi) is 20.4. The smallest absolute Gasteiger partial charge is 0.296 e. The van der Waals surface area contributed by atoms with Crippen LogP contribution in [-0.2, 0) is 9.53 Å². The minimum Gasteiger partial charge on any atom is -0.425 e. The van der Waals surface area contributed by atoms with Crippen LogP contribution in [0.25, 0.3) is 0 Å². The van der Waals surface area contributed by atoms with Crippen molar-refractivity contribution in [3.05, 3.63) is 136 Å². The average molecular weight is 1010 g/mol. The molecule has 27 heteroatoms. The number of hydrogen-bond acceptors (Lipinski definition) is 17. The molecule has 71 heavy (non-hydrogen) atoms. The summed E-state index contributed by atoms with van der Waals surface area (Å²) >= 11 is 3.57. The van der Waals surface area contributed by atoms with Gasteiger partial charge < -0.3 is 57.0 Å². The van der Waals surface area contributed by atoms with Crippen LogP contribution in [0.1, 0.15) is 102 Å². The third kappa shape index (κ3) is 14.3. The molecule has 0 radical (unpaired) electrons. The van der Waals surface area contributed by atoms with E-state index in [9.17, 15) is 73.6 Å². The topological polar surface area (TPSA) is 366 Å². The fourth-order valence-corrected chi connectivity index (χ4v) is 7.09. The molecule has 26 nitrogen and oxygen atoms in total. The molecular weight excluding hydrogens is 957 g/mol. The van der Waals surface area contributed by atoms with Gasteiger partial charge in [0, 0.05) is 63.9 Å². The van der Waals surface area contributed by atoms with E-state index in [4.69, 9.17) is 10.5 Å². The molecule has 0 aliphatic rings. The Bertz CT molecular complexity index is 2880.